The van der Waals surface area contributed by atoms with Crippen molar-refractivity contribution in [3.8, 4) is 0 Å². The lowest BCUT2D eigenvalue weighted by molar-refractivity contribution is -0.143. The summed E-state index contributed by atoms with van der Waals surface area (Å²) in [6, 6.07) is -0.0483. The van der Waals surface area contributed by atoms with E-state index in [9.17, 15) is 28.8 Å². The van der Waals surface area contributed by atoms with Crippen LogP contribution < -0.4 is 0 Å². The van der Waals surface area contributed by atoms with Gasteiger partial charge in [0.25, 0.3) is 11.8 Å². The molecular weight excluding hydrogens is 450 g/mol. The molecule has 0 saturated carbocycles. The number of carbonyl (C=O) groups is 6. The molecule has 0 aromatic rings. The predicted molar refractivity (Wildman–Crippen MR) is 131 cm³/mol. The van der Waals surface area contributed by atoms with Gasteiger partial charge in [0.05, 0.1) is 5.41 Å². The fourth-order valence-electron chi connectivity index (χ4n) is 4.08. The summed E-state index contributed by atoms with van der Waals surface area (Å²) in [5, 5.41) is 0. The Labute approximate surface area is 208 Å². The zero-order chi connectivity index (χ0) is 27.6. The standard InChI is InChI=1S/2C9H15NO2.C8H11NO2/c1-6(2)10-7(11)5-9(3,4)8(10)12;1-5(2)10-8(11)6(3)7(4)9(10)12;1-5(2)9-7(10)4-6(3)8(9)11/h6H,5H2,1-4H3;5-7H,1-4H3;4-5H,1-3H3. The normalized spacial score (nSPS) is 23.9. The average molecular weight is 492 g/mol. The summed E-state index contributed by atoms with van der Waals surface area (Å²) in [6.45, 7) is 20.0. The van der Waals surface area contributed by atoms with Crippen LogP contribution in [-0.2, 0) is 28.8 Å². The Hall–Kier alpha value is -2.84. The summed E-state index contributed by atoms with van der Waals surface area (Å²) in [5.74, 6) is -0.764. The number of hydrogen-bond acceptors (Lipinski definition) is 6. The molecule has 0 aromatic heterocycles. The fraction of sp³-hybridized carbons (Fsp3) is 0.692. The van der Waals surface area contributed by atoms with Gasteiger partial charge in [0.15, 0.2) is 0 Å². The molecule has 0 N–H and O–H groups in total. The molecule has 0 aromatic carbocycles. The van der Waals surface area contributed by atoms with Gasteiger partial charge in [-0.25, -0.2) is 0 Å². The van der Waals surface area contributed by atoms with Gasteiger partial charge in [0.1, 0.15) is 0 Å². The third kappa shape index (κ3) is 6.44. The molecule has 0 spiro atoms. The first kappa shape index (κ1) is 30.2. The largest absolute Gasteiger partial charge is 0.280 e. The first-order valence-electron chi connectivity index (χ1n) is 12.2. The molecule has 2 atom stereocenters. The molecule has 2 unspecified atom stereocenters. The van der Waals surface area contributed by atoms with Crippen molar-refractivity contribution >= 4 is 35.4 Å². The van der Waals surface area contributed by atoms with Crippen LogP contribution in [0.5, 0.6) is 0 Å². The second-order valence-corrected chi connectivity index (χ2v) is 10.9. The Morgan fingerprint density at radius 1 is 0.743 bits per heavy atom. The summed E-state index contributed by atoms with van der Waals surface area (Å²) in [6.07, 6.45) is 1.73. The van der Waals surface area contributed by atoms with Gasteiger partial charge in [0, 0.05) is 48.0 Å². The van der Waals surface area contributed by atoms with E-state index in [-0.39, 0.29) is 65.4 Å². The van der Waals surface area contributed by atoms with E-state index in [1.165, 1.54) is 20.8 Å². The molecule has 9 heteroatoms. The van der Waals surface area contributed by atoms with Crippen molar-refractivity contribution in [3.63, 3.8) is 0 Å². The number of carbonyl (C=O) groups excluding carboxylic acids is 6. The quantitative estimate of drug-likeness (QED) is 0.561. The van der Waals surface area contributed by atoms with Crippen molar-refractivity contribution in [3.05, 3.63) is 11.6 Å². The molecular formula is C26H41N3O6. The molecule has 3 aliphatic rings. The minimum Gasteiger partial charge on any atom is -0.280 e. The van der Waals surface area contributed by atoms with Crippen molar-refractivity contribution in [1.82, 2.24) is 14.7 Å². The van der Waals surface area contributed by atoms with E-state index in [1.807, 2.05) is 69.2 Å². The van der Waals surface area contributed by atoms with Gasteiger partial charge in [-0.3, -0.25) is 43.5 Å². The molecule has 35 heavy (non-hydrogen) atoms. The molecule has 2 saturated heterocycles. The van der Waals surface area contributed by atoms with Crippen molar-refractivity contribution < 1.29 is 28.8 Å². The van der Waals surface area contributed by atoms with Gasteiger partial charge < -0.3 is 0 Å². The molecule has 3 aliphatic heterocycles. The molecule has 6 amide bonds. The first-order valence-corrected chi connectivity index (χ1v) is 12.2. The number of nitrogens with zero attached hydrogens (tertiary/aromatic N) is 3. The topological polar surface area (TPSA) is 112 Å². The Morgan fingerprint density at radius 2 is 1.14 bits per heavy atom. The van der Waals surface area contributed by atoms with Crippen LogP contribution in [0.15, 0.2) is 11.6 Å². The molecule has 0 aliphatic carbocycles. The Balaban J connectivity index is 0.000000263. The summed E-state index contributed by atoms with van der Waals surface area (Å²) >= 11 is 0. The van der Waals surface area contributed by atoms with Gasteiger partial charge in [-0.05, 0) is 48.5 Å². The number of amides is 6. The summed E-state index contributed by atoms with van der Waals surface area (Å²) in [7, 11) is 0. The van der Waals surface area contributed by atoms with Crippen LogP contribution in [0.4, 0.5) is 0 Å². The molecule has 196 valence electrons. The monoisotopic (exact) mass is 491 g/mol. The van der Waals surface area contributed by atoms with E-state index in [1.54, 1.807) is 6.92 Å². The van der Waals surface area contributed by atoms with E-state index >= 15 is 0 Å². The van der Waals surface area contributed by atoms with Crippen LogP contribution in [-0.4, -0.2) is 68.3 Å². The van der Waals surface area contributed by atoms with Gasteiger partial charge >= 0.3 is 0 Å². The molecule has 0 bridgehead atoms. The minimum absolute atomic E-state index is 0.00241. The van der Waals surface area contributed by atoms with Crippen LogP contribution >= 0.6 is 0 Å². The highest BCUT2D eigenvalue weighted by atomic mass is 16.2. The highest BCUT2D eigenvalue weighted by Gasteiger charge is 2.45. The lowest BCUT2D eigenvalue weighted by atomic mass is 9.92. The maximum atomic E-state index is 11.6. The van der Waals surface area contributed by atoms with E-state index < -0.39 is 5.41 Å². The summed E-state index contributed by atoms with van der Waals surface area (Å²) < 4.78 is 0. The number of likely N-dealkylation sites (tertiary alicyclic amines) is 2. The third-order valence-electron chi connectivity index (χ3n) is 6.35. The Bertz CT molecular complexity index is 905. The van der Waals surface area contributed by atoms with Crippen molar-refractivity contribution in [1.29, 1.82) is 0 Å². The molecule has 0 radical (unpaired) electrons. The van der Waals surface area contributed by atoms with Crippen molar-refractivity contribution in [2.24, 2.45) is 17.3 Å². The predicted octanol–water partition coefficient (Wildman–Crippen LogP) is 2.93. The van der Waals surface area contributed by atoms with Crippen LogP contribution in [0.2, 0.25) is 0 Å². The fourth-order valence-corrected chi connectivity index (χ4v) is 4.08. The Morgan fingerprint density at radius 3 is 1.31 bits per heavy atom. The number of hydrogen-bond donors (Lipinski definition) is 0. The Kier molecular flexibility index (Phi) is 9.72. The number of rotatable bonds is 3. The van der Waals surface area contributed by atoms with Gasteiger partial charge in [0.2, 0.25) is 23.6 Å². The highest BCUT2D eigenvalue weighted by Crippen LogP contribution is 2.32. The molecule has 9 nitrogen and oxygen atoms in total. The van der Waals surface area contributed by atoms with Gasteiger partial charge in [-0.1, -0.05) is 27.7 Å². The summed E-state index contributed by atoms with van der Waals surface area (Å²) in [5.41, 5.74) is 0.0464. The lowest BCUT2D eigenvalue weighted by Gasteiger charge is -2.20. The molecule has 2 fully saturated rings. The second kappa shape index (κ2) is 11.3. The zero-order valence-corrected chi connectivity index (χ0v) is 23.0. The van der Waals surface area contributed by atoms with E-state index in [2.05, 4.69) is 0 Å². The van der Waals surface area contributed by atoms with Crippen LogP contribution in [0, 0.1) is 17.3 Å². The van der Waals surface area contributed by atoms with E-state index in [0.29, 0.717) is 12.0 Å². The minimum atomic E-state index is -0.485. The van der Waals surface area contributed by atoms with Crippen LogP contribution in [0.25, 0.3) is 0 Å². The second-order valence-electron chi connectivity index (χ2n) is 10.9. The maximum absolute atomic E-state index is 11.6. The van der Waals surface area contributed by atoms with Crippen molar-refractivity contribution in [2.75, 3.05) is 0 Å². The third-order valence-corrected chi connectivity index (χ3v) is 6.35. The zero-order valence-electron chi connectivity index (χ0n) is 23.0. The number of imide groups is 3. The highest BCUT2D eigenvalue weighted by molar-refractivity contribution is 6.16. The van der Waals surface area contributed by atoms with Crippen LogP contribution in [0.3, 0.4) is 0 Å². The van der Waals surface area contributed by atoms with E-state index in [4.69, 9.17) is 0 Å². The maximum Gasteiger partial charge on any atom is 0.256 e. The smallest absolute Gasteiger partial charge is 0.256 e. The van der Waals surface area contributed by atoms with Gasteiger partial charge in [-0.15, -0.1) is 0 Å². The average Bonchev–Trinajstić information content (AvgIpc) is 3.17. The SMILES string of the molecule is CC(C)N1C(=O)CC(C)(C)C1=O.CC1=CC(=O)N(C(C)C)C1=O.CC1C(=O)N(C(C)C)C(=O)C1C. The summed E-state index contributed by atoms with van der Waals surface area (Å²) in [4.78, 5) is 72.1. The van der Waals surface area contributed by atoms with Crippen molar-refractivity contribution in [2.45, 2.75) is 101 Å². The molecule has 3 heterocycles. The van der Waals surface area contributed by atoms with E-state index in [0.717, 1.165) is 0 Å². The molecule has 3 rings (SSSR count). The lowest BCUT2D eigenvalue weighted by Crippen LogP contribution is -2.38. The van der Waals surface area contributed by atoms with Crippen LogP contribution in [0.1, 0.15) is 82.6 Å². The van der Waals surface area contributed by atoms with Gasteiger partial charge in [-0.2, -0.15) is 0 Å². The first-order chi connectivity index (χ1) is 15.9.